The van der Waals surface area contributed by atoms with Crippen molar-refractivity contribution in [2.75, 3.05) is 12.9 Å². The highest BCUT2D eigenvalue weighted by molar-refractivity contribution is 7.90. The molecule has 0 unspecified atom stereocenters. The number of rotatable bonds is 3. The lowest BCUT2D eigenvalue weighted by atomic mass is 10.4. The van der Waals surface area contributed by atoms with Gasteiger partial charge in [0.1, 0.15) is 0 Å². The summed E-state index contributed by atoms with van der Waals surface area (Å²) >= 11 is 0. The lowest BCUT2D eigenvalue weighted by molar-refractivity contribution is 0.0518. The number of hydrogen-bond donors (Lipinski definition) is 0. The molecule has 0 radical (unpaired) electrons. The summed E-state index contributed by atoms with van der Waals surface area (Å²) in [5.41, 5.74) is -0.0627. The van der Waals surface area contributed by atoms with Crippen molar-refractivity contribution in [3.8, 4) is 0 Å². The van der Waals surface area contributed by atoms with E-state index in [-0.39, 0.29) is 17.5 Å². The van der Waals surface area contributed by atoms with E-state index >= 15 is 0 Å². The van der Waals surface area contributed by atoms with E-state index < -0.39 is 15.8 Å². The third kappa shape index (κ3) is 2.98. The quantitative estimate of drug-likeness (QED) is 0.539. The van der Waals surface area contributed by atoms with Crippen molar-refractivity contribution >= 4 is 15.8 Å². The first-order valence-corrected chi connectivity index (χ1v) is 6.04. The van der Waals surface area contributed by atoms with Gasteiger partial charge in [-0.3, -0.25) is 0 Å². The Kier molecular flexibility index (Phi) is 3.35. The zero-order chi connectivity index (χ0) is 11.5. The Labute approximate surface area is 87.2 Å². The first-order valence-electron chi connectivity index (χ1n) is 4.15. The monoisotopic (exact) mass is 230 g/mol. The molecule has 1 heterocycles. The van der Waals surface area contributed by atoms with Crippen molar-refractivity contribution in [1.82, 2.24) is 9.97 Å². The molecular weight excluding hydrogens is 220 g/mol. The Morgan fingerprint density at radius 3 is 2.73 bits per heavy atom. The third-order valence-corrected chi connectivity index (χ3v) is 2.31. The number of ether oxygens (including phenoxy) is 1. The van der Waals surface area contributed by atoms with Crippen molar-refractivity contribution in [3.05, 3.63) is 18.0 Å². The van der Waals surface area contributed by atoms with Gasteiger partial charge in [-0.15, -0.1) is 0 Å². The highest BCUT2D eigenvalue weighted by Gasteiger charge is 2.15. The summed E-state index contributed by atoms with van der Waals surface area (Å²) in [6.07, 6.45) is 2.17. The average molecular weight is 230 g/mol. The SMILES string of the molecule is CCOC(=O)c1ccnc(S(C)(=O)=O)n1. The molecular formula is C8H10N2O4S. The standard InChI is InChI=1S/C8H10N2O4S/c1-3-14-7(11)6-4-5-9-8(10-6)15(2,12)13/h4-5H,3H2,1-2H3. The van der Waals surface area contributed by atoms with Crippen molar-refractivity contribution < 1.29 is 17.9 Å². The second-order valence-electron chi connectivity index (χ2n) is 2.72. The van der Waals surface area contributed by atoms with Crippen LogP contribution in [0.15, 0.2) is 17.4 Å². The number of nitrogens with zero attached hydrogens (tertiary/aromatic N) is 2. The lowest BCUT2D eigenvalue weighted by Gasteiger charge is -2.01. The Balaban J connectivity index is 3.09. The summed E-state index contributed by atoms with van der Waals surface area (Å²) in [5.74, 6) is -0.662. The van der Waals surface area contributed by atoms with Gasteiger partial charge in [0.25, 0.3) is 0 Å². The van der Waals surface area contributed by atoms with E-state index in [1.165, 1.54) is 12.3 Å². The van der Waals surface area contributed by atoms with E-state index in [1.54, 1.807) is 6.92 Å². The second kappa shape index (κ2) is 4.35. The van der Waals surface area contributed by atoms with Crippen LogP contribution in [0.4, 0.5) is 0 Å². The van der Waals surface area contributed by atoms with Gasteiger partial charge in [-0.25, -0.2) is 23.2 Å². The Hall–Kier alpha value is -1.50. The molecule has 0 spiro atoms. The molecule has 0 aliphatic heterocycles. The largest absolute Gasteiger partial charge is 0.461 e. The van der Waals surface area contributed by atoms with Crippen LogP contribution in [0.3, 0.4) is 0 Å². The molecule has 7 heteroatoms. The molecule has 1 aromatic heterocycles. The minimum absolute atomic E-state index is 0.0627. The normalized spacial score (nSPS) is 11.1. The predicted molar refractivity (Wildman–Crippen MR) is 51.1 cm³/mol. The summed E-state index contributed by atoms with van der Waals surface area (Å²) in [6, 6.07) is 1.30. The van der Waals surface area contributed by atoms with Crippen molar-refractivity contribution in [3.63, 3.8) is 0 Å². The molecule has 0 saturated heterocycles. The van der Waals surface area contributed by atoms with Crippen LogP contribution in [0.25, 0.3) is 0 Å². The number of hydrogen-bond acceptors (Lipinski definition) is 6. The van der Waals surface area contributed by atoms with Gasteiger partial charge in [-0.2, -0.15) is 0 Å². The number of carbonyl (C=O) groups excluding carboxylic acids is 1. The van der Waals surface area contributed by atoms with Crippen LogP contribution < -0.4 is 0 Å². The molecule has 0 fully saturated rings. The molecule has 0 saturated carbocycles. The minimum Gasteiger partial charge on any atom is -0.461 e. The third-order valence-electron chi connectivity index (χ3n) is 1.45. The summed E-state index contributed by atoms with van der Waals surface area (Å²) in [4.78, 5) is 18.4. The van der Waals surface area contributed by atoms with Crippen molar-refractivity contribution in [2.24, 2.45) is 0 Å². The summed E-state index contributed by atoms with van der Waals surface area (Å²) in [7, 11) is -3.50. The average Bonchev–Trinajstić information content (AvgIpc) is 2.17. The van der Waals surface area contributed by atoms with E-state index in [0.717, 1.165) is 6.26 Å². The van der Waals surface area contributed by atoms with Crippen LogP contribution in [-0.4, -0.2) is 37.2 Å². The summed E-state index contributed by atoms with van der Waals surface area (Å²) < 4.78 is 26.8. The molecule has 0 amide bonds. The topological polar surface area (TPSA) is 86.2 Å². The molecule has 1 rings (SSSR count). The van der Waals surface area contributed by atoms with Gasteiger partial charge >= 0.3 is 5.97 Å². The van der Waals surface area contributed by atoms with E-state index in [4.69, 9.17) is 0 Å². The van der Waals surface area contributed by atoms with Crippen LogP contribution >= 0.6 is 0 Å². The van der Waals surface area contributed by atoms with Gasteiger partial charge in [0, 0.05) is 12.5 Å². The van der Waals surface area contributed by atoms with Crippen LogP contribution in [-0.2, 0) is 14.6 Å². The molecule has 0 N–H and O–H groups in total. The maximum absolute atomic E-state index is 11.2. The van der Waals surface area contributed by atoms with Crippen molar-refractivity contribution in [2.45, 2.75) is 12.1 Å². The molecule has 1 aromatic rings. The van der Waals surface area contributed by atoms with Crippen LogP contribution in [0, 0.1) is 0 Å². The van der Waals surface area contributed by atoms with Gasteiger partial charge in [-0.05, 0) is 13.0 Å². The first-order chi connectivity index (χ1) is 6.95. The molecule has 15 heavy (non-hydrogen) atoms. The molecule has 0 aliphatic rings. The first kappa shape index (κ1) is 11.6. The number of esters is 1. The molecule has 82 valence electrons. The van der Waals surface area contributed by atoms with Crippen molar-refractivity contribution in [1.29, 1.82) is 0 Å². The molecule has 6 nitrogen and oxygen atoms in total. The minimum atomic E-state index is -3.50. The number of aromatic nitrogens is 2. The van der Waals surface area contributed by atoms with E-state index in [2.05, 4.69) is 14.7 Å². The fourth-order valence-corrected chi connectivity index (χ4v) is 1.35. The van der Waals surface area contributed by atoms with Crippen LogP contribution in [0.5, 0.6) is 0 Å². The Morgan fingerprint density at radius 1 is 1.53 bits per heavy atom. The smallest absolute Gasteiger partial charge is 0.357 e. The van der Waals surface area contributed by atoms with Gasteiger partial charge in [0.15, 0.2) is 5.69 Å². The number of carbonyl (C=O) groups is 1. The van der Waals surface area contributed by atoms with Gasteiger partial charge in [0.05, 0.1) is 6.61 Å². The zero-order valence-corrected chi connectivity index (χ0v) is 9.11. The number of sulfone groups is 1. The van der Waals surface area contributed by atoms with E-state index in [9.17, 15) is 13.2 Å². The zero-order valence-electron chi connectivity index (χ0n) is 8.30. The predicted octanol–water partition coefficient (Wildman–Crippen LogP) is 0.0568. The lowest BCUT2D eigenvalue weighted by Crippen LogP contribution is -2.11. The van der Waals surface area contributed by atoms with Crippen LogP contribution in [0.1, 0.15) is 17.4 Å². The van der Waals surface area contributed by atoms with E-state index in [0.29, 0.717) is 0 Å². The fraction of sp³-hybridized carbons (Fsp3) is 0.375. The summed E-state index contributed by atoms with van der Waals surface area (Å²) in [6.45, 7) is 1.85. The molecule has 0 bridgehead atoms. The second-order valence-corrected chi connectivity index (χ2v) is 4.63. The van der Waals surface area contributed by atoms with Gasteiger partial charge < -0.3 is 4.74 Å². The molecule has 0 atom stereocenters. The fourth-order valence-electron chi connectivity index (χ4n) is 0.838. The van der Waals surface area contributed by atoms with Gasteiger partial charge in [0.2, 0.25) is 15.0 Å². The maximum atomic E-state index is 11.2. The molecule has 0 aliphatic carbocycles. The van der Waals surface area contributed by atoms with Gasteiger partial charge in [-0.1, -0.05) is 0 Å². The Bertz CT molecular complexity index is 469. The highest BCUT2D eigenvalue weighted by atomic mass is 32.2. The maximum Gasteiger partial charge on any atom is 0.357 e. The van der Waals surface area contributed by atoms with E-state index in [1.807, 2.05) is 0 Å². The molecule has 0 aromatic carbocycles. The summed E-state index contributed by atoms with van der Waals surface area (Å²) in [5, 5.41) is -0.381. The Morgan fingerprint density at radius 2 is 2.20 bits per heavy atom. The highest BCUT2D eigenvalue weighted by Crippen LogP contribution is 2.03. The van der Waals surface area contributed by atoms with Crippen LogP contribution in [0.2, 0.25) is 0 Å².